The molecule has 1 aliphatic heterocycles. The van der Waals surface area contributed by atoms with Gasteiger partial charge < -0.3 is 15.7 Å². The molecule has 1 atom stereocenters. The zero-order valence-corrected chi connectivity index (χ0v) is 13.7. The second kappa shape index (κ2) is 7.75. The van der Waals surface area contributed by atoms with Gasteiger partial charge in [-0.15, -0.1) is 0 Å². The highest BCUT2D eigenvalue weighted by molar-refractivity contribution is 5.94. The first-order valence-electron chi connectivity index (χ1n) is 8.34. The van der Waals surface area contributed by atoms with Gasteiger partial charge in [0.2, 0.25) is 5.91 Å². The Labute approximate surface area is 133 Å². The number of anilines is 1. The van der Waals surface area contributed by atoms with E-state index in [0.29, 0.717) is 25.3 Å². The van der Waals surface area contributed by atoms with E-state index in [1.807, 2.05) is 17.0 Å². The van der Waals surface area contributed by atoms with Crippen molar-refractivity contribution in [2.45, 2.75) is 52.1 Å². The molecule has 1 unspecified atom stereocenters. The van der Waals surface area contributed by atoms with Crippen molar-refractivity contribution in [1.29, 1.82) is 0 Å². The van der Waals surface area contributed by atoms with Gasteiger partial charge in [0.15, 0.2) is 0 Å². The number of nitrogens with two attached hydrogens (primary N) is 1. The lowest BCUT2D eigenvalue weighted by molar-refractivity contribution is -0.119. The van der Waals surface area contributed by atoms with Crippen LogP contribution in [0.2, 0.25) is 0 Å². The zero-order valence-electron chi connectivity index (χ0n) is 13.7. The van der Waals surface area contributed by atoms with Gasteiger partial charge in [0.1, 0.15) is 0 Å². The third kappa shape index (κ3) is 4.08. The summed E-state index contributed by atoms with van der Waals surface area (Å²) < 4.78 is 0. The Balaban J connectivity index is 2.17. The van der Waals surface area contributed by atoms with Crippen LogP contribution < -0.4 is 10.6 Å². The Morgan fingerprint density at radius 3 is 2.86 bits per heavy atom. The van der Waals surface area contributed by atoms with Crippen LogP contribution in [0, 0.1) is 5.92 Å². The number of benzene rings is 1. The van der Waals surface area contributed by atoms with Gasteiger partial charge in [-0.25, -0.2) is 0 Å². The maximum absolute atomic E-state index is 12.4. The van der Waals surface area contributed by atoms with Gasteiger partial charge in [-0.05, 0) is 55.3 Å². The summed E-state index contributed by atoms with van der Waals surface area (Å²) in [6.07, 6.45) is 3.58. The van der Waals surface area contributed by atoms with Crippen molar-refractivity contribution in [2.75, 3.05) is 18.0 Å². The first kappa shape index (κ1) is 17.0. The number of aliphatic hydroxyl groups is 1. The molecule has 0 saturated heterocycles. The lowest BCUT2D eigenvalue weighted by Crippen LogP contribution is -2.36. The fourth-order valence-corrected chi connectivity index (χ4v) is 3.02. The van der Waals surface area contributed by atoms with Crippen molar-refractivity contribution < 1.29 is 9.90 Å². The molecule has 0 saturated carbocycles. The van der Waals surface area contributed by atoms with E-state index in [9.17, 15) is 9.90 Å². The average Bonchev–Trinajstić information content (AvgIpc) is 2.50. The third-order valence-corrected chi connectivity index (χ3v) is 4.17. The minimum absolute atomic E-state index is 0.201. The minimum atomic E-state index is -0.462. The molecule has 0 spiro atoms. The van der Waals surface area contributed by atoms with Crippen LogP contribution in [0.1, 0.15) is 56.8 Å². The highest BCUT2D eigenvalue weighted by atomic mass is 16.3. The molecule has 0 fully saturated rings. The summed E-state index contributed by atoms with van der Waals surface area (Å²) in [5, 5.41) is 10.2. The number of carbonyl (C=O) groups excluding carboxylic acids is 1. The molecule has 0 aromatic heterocycles. The van der Waals surface area contributed by atoms with Crippen molar-refractivity contribution in [1.82, 2.24) is 0 Å². The van der Waals surface area contributed by atoms with Gasteiger partial charge in [0, 0.05) is 18.7 Å². The number of carbonyl (C=O) groups is 1. The van der Waals surface area contributed by atoms with Crippen molar-refractivity contribution in [2.24, 2.45) is 11.7 Å². The average molecular weight is 304 g/mol. The Kier molecular flexibility index (Phi) is 5.98. The predicted molar refractivity (Wildman–Crippen MR) is 89.8 cm³/mol. The van der Waals surface area contributed by atoms with Crippen LogP contribution in [0.15, 0.2) is 18.2 Å². The van der Waals surface area contributed by atoms with Gasteiger partial charge in [-0.2, -0.15) is 0 Å². The number of aryl methyl sites for hydroxylation is 1. The Morgan fingerprint density at radius 2 is 2.18 bits per heavy atom. The second-order valence-corrected chi connectivity index (χ2v) is 6.58. The van der Waals surface area contributed by atoms with E-state index < -0.39 is 6.10 Å². The van der Waals surface area contributed by atoms with Gasteiger partial charge in [-0.3, -0.25) is 4.79 Å². The fraction of sp³-hybridized carbons (Fsp3) is 0.611. The molecule has 1 aromatic carbocycles. The number of amides is 1. The van der Waals surface area contributed by atoms with Crippen LogP contribution in [-0.2, 0) is 11.2 Å². The van der Waals surface area contributed by atoms with Gasteiger partial charge in [0.05, 0.1) is 6.10 Å². The second-order valence-electron chi connectivity index (χ2n) is 6.58. The Morgan fingerprint density at radius 1 is 1.41 bits per heavy atom. The summed E-state index contributed by atoms with van der Waals surface area (Å²) in [4.78, 5) is 14.3. The number of nitrogens with zero attached hydrogens (tertiary/aromatic N) is 1. The molecule has 4 nitrogen and oxygen atoms in total. The number of rotatable bonds is 6. The molecule has 1 amide bonds. The first-order chi connectivity index (χ1) is 10.5. The van der Waals surface area contributed by atoms with Crippen molar-refractivity contribution in [3.63, 3.8) is 0 Å². The quantitative estimate of drug-likeness (QED) is 0.849. The smallest absolute Gasteiger partial charge is 0.227 e. The molecule has 2 rings (SSSR count). The summed E-state index contributed by atoms with van der Waals surface area (Å²) in [5.74, 6) is 0.572. The molecule has 3 N–H and O–H groups in total. The maximum Gasteiger partial charge on any atom is 0.227 e. The zero-order chi connectivity index (χ0) is 16.1. The highest BCUT2D eigenvalue weighted by Crippen LogP contribution is 2.31. The van der Waals surface area contributed by atoms with Crippen molar-refractivity contribution in [3.8, 4) is 0 Å². The van der Waals surface area contributed by atoms with Gasteiger partial charge in [0.25, 0.3) is 0 Å². The van der Waals surface area contributed by atoms with Crippen LogP contribution in [0.4, 0.5) is 5.69 Å². The molecule has 0 aliphatic carbocycles. The predicted octanol–water partition coefficient (Wildman–Crippen LogP) is 2.78. The van der Waals surface area contributed by atoms with Crippen LogP contribution in [0.25, 0.3) is 0 Å². The van der Waals surface area contributed by atoms with Crippen LogP contribution >= 0.6 is 0 Å². The van der Waals surface area contributed by atoms with Crippen molar-refractivity contribution >= 4 is 11.6 Å². The van der Waals surface area contributed by atoms with Crippen molar-refractivity contribution in [3.05, 3.63) is 29.3 Å². The number of hydrogen-bond acceptors (Lipinski definition) is 3. The molecule has 1 aromatic rings. The SMILES string of the molecule is CC(C)CC(=O)N1CCCc2cc(C(O)CCCN)ccc21. The fourth-order valence-electron chi connectivity index (χ4n) is 3.02. The largest absolute Gasteiger partial charge is 0.388 e. The summed E-state index contributed by atoms with van der Waals surface area (Å²) in [6.45, 7) is 5.53. The van der Waals surface area contributed by atoms with Crippen LogP contribution in [0.5, 0.6) is 0 Å². The Hall–Kier alpha value is -1.39. The topological polar surface area (TPSA) is 66.6 Å². The van der Waals surface area contributed by atoms with Crippen LogP contribution in [0.3, 0.4) is 0 Å². The van der Waals surface area contributed by atoms with E-state index >= 15 is 0 Å². The lowest BCUT2D eigenvalue weighted by Gasteiger charge is -2.31. The number of fused-ring (bicyclic) bond motifs is 1. The lowest BCUT2D eigenvalue weighted by atomic mass is 9.95. The molecule has 22 heavy (non-hydrogen) atoms. The normalized spacial score (nSPS) is 15.8. The molecular formula is C18H28N2O2. The monoisotopic (exact) mass is 304 g/mol. The number of aliphatic hydroxyl groups excluding tert-OH is 1. The summed E-state index contributed by atoms with van der Waals surface area (Å²) >= 11 is 0. The highest BCUT2D eigenvalue weighted by Gasteiger charge is 2.23. The maximum atomic E-state index is 12.4. The number of hydrogen-bond donors (Lipinski definition) is 2. The van der Waals surface area contributed by atoms with E-state index in [-0.39, 0.29) is 5.91 Å². The molecule has 0 radical (unpaired) electrons. The van der Waals surface area contributed by atoms with Crippen LogP contribution in [-0.4, -0.2) is 24.1 Å². The van der Waals surface area contributed by atoms with Gasteiger partial charge in [-0.1, -0.05) is 26.0 Å². The van der Waals surface area contributed by atoms with E-state index in [2.05, 4.69) is 19.9 Å². The molecule has 4 heteroatoms. The van der Waals surface area contributed by atoms with Gasteiger partial charge >= 0.3 is 0 Å². The standard InChI is InChI=1S/C18H28N2O2/c1-13(2)11-18(22)20-10-4-5-14-12-15(7-8-16(14)20)17(21)6-3-9-19/h7-8,12-13,17,21H,3-6,9-11,19H2,1-2H3. The van der Waals surface area contributed by atoms with E-state index in [1.165, 1.54) is 5.56 Å². The summed E-state index contributed by atoms with van der Waals surface area (Å²) in [7, 11) is 0. The molecule has 1 heterocycles. The summed E-state index contributed by atoms with van der Waals surface area (Å²) in [5.41, 5.74) is 8.63. The van der Waals surface area contributed by atoms with E-state index in [0.717, 1.165) is 37.1 Å². The molecular weight excluding hydrogens is 276 g/mol. The Bertz CT molecular complexity index is 514. The van der Waals surface area contributed by atoms with E-state index in [4.69, 9.17) is 5.73 Å². The molecule has 122 valence electrons. The third-order valence-electron chi connectivity index (χ3n) is 4.17. The molecule has 1 aliphatic rings. The molecule has 0 bridgehead atoms. The summed E-state index contributed by atoms with van der Waals surface area (Å²) in [6, 6.07) is 6.00. The van der Waals surface area contributed by atoms with E-state index in [1.54, 1.807) is 0 Å². The first-order valence-corrected chi connectivity index (χ1v) is 8.34. The minimum Gasteiger partial charge on any atom is -0.388 e.